The summed E-state index contributed by atoms with van der Waals surface area (Å²) in [6.45, 7) is 0.704. The second-order valence-corrected chi connectivity index (χ2v) is 5.13. The first-order valence-corrected chi connectivity index (χ1v) is 6.16. The number of hydrogen-bond donors (Lipinski definition) is 1. The lowest BCUT2D eigenvalue weighted by Crippen LogP contribution is -2.42. The third kappa shape index (κ3) is 2.22. The van der Waals surface area contributed by atoms with Crippen molar-refractivity contribution in [2.24, 2.45) is 0 Å². The summed E-state index contributed by atoms with van der Waals surface area (Å²) < 4.78 is 0.823. The van der Waals surface area contributed by atoms with E-state index in [1.807, 2.05) is 0 Å². The Hall–Kier alpha value is -1.30. The van der Waals surface area contributed by atoms with Crippen LogP contribution >= 0.6 is 15.9 Å². The third-order valence-electron chi connectivity index (χ3n) is 3.07. The van der Waals surface area contributed by atoms with Crippen LogP contribution in [0.15, 0.2) is 16.7 Å². The van der Waals surface area contributed by atoms with Crippen LogP contribution in [-0.2, 0) is 4.79 Å². The number of rotatable bonds is 2. The molecule has 0 saturated carbocycles. The summed E-state index contributed by atoms with van der Waals surface area (Å²) >= 11 is 3.28. The van der Waals surface area contributed by atoms with Gasteiger partial charge in [0.25, 0.3) is 5.91 Å². The van der Waals surface area contributed by atoms with Crippen LogP contribution in [0.4, 0.5) is 0 Å². The monoisotopic (exact) mass is 299 g/mol. The van der Waals surface area contributed by atoms with Crippen LogP contribution in [0.25, 0.3) is 0 Å². The summed E-state index contributed by atoms with van der Waals surface area (Å²) in [5.41, 5.74) is 0.488. The maximum absolute atomic E-state index is 12.1. The number of halogens is 1. The van der Waals surface area contributed by atoms with Crippen molar-refractivity contribution < 1.29 is 9.59 Å². The Labute approximate surface area is 108 Å². The lowest BCUT2D eigenvalue weighted by molar-refractivity contribution is -0.130. The van der Waals surface area contributed by atoms with Crippen molar-refractivity contribution in [1.82, 2.24) is 14.8 Å². The molecular formula is C11H14BrN3O2. The molecule has 1 N–H and O–H groups in total. The molecule has 0 radical (unpaired) electrons. The quantitative estimate of drug-likeness (QED) is 0.888. The van der Waals surface area contributed by atoms with Crippen molar-refractivity contribution >= 4 is 27.7 Å². The molecule has 0 spiro atoms. The van der Waals surface area contributed by atoms with E-state index < -0.39 is 0 Å². The average Bonchev–Trinajstić information content (AvgIpc) is 2.86. The largest absolute Gasteiger partial charge is 0.356 e. The molecule has 0 bridgehead atoms. The van der Waals surface area contributed by atoms with Gasteiger partial charge in [0, 0.05) is 31.3 Å². The van der Waals surface area contributed by atoms with Crippen molar-refractivity contribution in [2.45, 2.75) is 12.5 Å². The third-order valence-corrected chi connectivity index (χ3v) is 3.52. The summed E-state index contributed by atoms with van der Waals surface area (Å²) in [5.74, 6) is -0.157. The molecule has 6 heteroatoms. The van der Waals surface area contributed by atoms with Crippen molar-refractivity contribution in [3.63, 3.8) is 0 Å². The minimum absolute atomic E-state index is 0.00599. The Kier molecular flexibility index (Phi) is 3.24. The van der Waals surface area contributed by atoms with Gasteiger partial charge in [-0.15, -0.1) is 0 Å². The first kappa shape index (κ1) is 12.2. The van der Waals surface area contributed by atoms with Crippen LogP contribution < -0.4 is 0 Å². The average molecular weight is 300 g/mol. The highest BCUT2D eigenvalue weighted by Crippen LogP contribution is 2.18. The number of aromatic amines is 1. The fourth-order valence-electron chi connectivity index (χ4n) is 1.99. The zero-order valence-corrected chi connectivity index (χ0v) is 11.3. The van der Waals surface area contributed by atoms with E-state index in [1.165, 1.54) is 4.90 Å². The topological polar surface area (TPSA) is 56.4 Å². The molecule has 2 heterocycles. The Morgan fingerprint density at radius 2 is 2.35 bits per heavy atom. The van der Waals surface area contributed by atoms with E-state index in [4.69, 9.17) is 0 Å². The summed E-state index contributed by atoms with van der Waals surface area (Å²) in [6, 6.07) is 1.37. The molecule has 5 nitrogen and oxygen atoms in total. The minimum atomic E-state index is -0.338. The van der Waals surface area contributed by atoms with E-state index >= 15 is 0 Å². The van der Waals surface area contributed by atoms with Gasteiger partial charge in [-0.1, -0.05) is 0 Å². The second-order valence-electron chi connectivity index (χ2n) is 4.21. The summed E-state index contributed by atoms with van der Waals surface area (Å²) in [4.78, 5) is 29.9. The van der Waals surface area contributed by atoms with Crippen molar-refractivity contribution in [3.05, 3.63) is 22.4 Å². The fourth-order valence-corrected chi connectivity index (χ4v) is 2.33. The highest BCUT2D eigenvalue weighted by atomic mass is 79.9. The Balaban J connectivity index is 2.13. The van der Waals surface area contributed by atoms with Gasteiger partial charge >= 0.3 is 0 Å². The van der Waals surface area contributed by atoms with Gasteiger partial charge in [0.1, 0.15) is 11.7 Å². The molecule has 2 amide bonds. The number of carbonyl (C=O) groups excluding carboxylic acids is 2. The molecule has 1 atom stereocenters. The predicted octanol–water partition coefficient (Wildman–Crippen LogP) is 1.08. The van der Waals surface area contributed by atoms with E-state index in [-0.39, 0.29) is 17.9 Å². The normalized spacial score (nSPS) is 19.8. The van der Waals surface area contributed by atoms with Gasteiger partial charge in [-0.25, -0.2) is 0 Å². The van der Waals surface area contributed by atoms with E-state index in [0.29, 0.717) is 18.7 Å². The molecule has 1 aliphatic heterocycles. The van der Waals surface area contributed by atoms with Crippen LogP contribution in [-0.4, -0.2) is 53.3 Å². The Morgan fingerprint density at radius 3 is 2.82 bits per heavy atom. The smallest absolute Gasteiger partial charge is 0.270 e. The number of aromatic nitrogens is 1. The Morgan fingerprint density at radius 1 is 1.65 bits per heavy atom. The van der Waals surface area contributed by atoms with E-state index in [1.54, 1.807) is 31.3 Å². The Bertz CT molecular complexity index is 457. The maximum atomic E-state index is 12.1. The lowest BCUT2D eigenvalue weighted by atomic mass is 10.2. The van der Waals surface area contributed by atoms with Gasteiger partial charge in [-0.05, 0) is 28.4 Å². The molecule has 1 saturated heterocycles. The van der Waals surface area contributed by atoms with E-state index in [2.05, 4.69) is 20.9 Å². The number of nitrogens with zero attached hydrogens (tertiary/aromatic N) is 2. The molecule has 1 aromatic heterocycles. The van der Waals surface area contributed by atoms with Gasteiger partial charge in [0.2, 0.25) is 5.91 Å². The molecule has 1 unspecified atom stereocenters. The molecular weight excluding hydrogens is 286 g/mol. The fraction of sp³-hybridized carbons (Fsp3) is 0.455. The zero-order chi connectivity index (χ0) is 12.6. The molecule has 17 heavy (non-hydrogen) atoms. The van der Waals surface area contributed by atoms with Crippen LogP contribution in [0, 0.1) is 0 Å². The predicted molar refractivity (Wildman–Crippen MR) is 66.6 cm³/mol. The summed E-state index contributed by atoms with van der Waals surface area (Å²) in [7, 11) is 3.42. The molecule has 1 aromatic rings. The molecule has 0 aromatic carbocycles. The van der Waals surface area contributed by atoms with Gasteiger partial charge in [0.15, 0.2) is 0 Å². The highest BCUT2D eigenvalue weighted by Gasteiger charge is 2.35. The molecule has 2 rings (SSSR count). The zero-order valence-electron chi connectivity index (χ0n) is 9.74. The molecule has 1 aliphatic rings. The standard InChI is InChI=1S/C11H14BrN3O2/c1-14-4-3-9(11(14)17)15(2)10(16)8-5-7(12)6-13-8/h5-6,9,13H,3-4H2,1-2H3. The molecule has 1 fully saturated rings. The molecule has 92 valence electrons. The second kappa shape index (κ2) is 4.52. The van der Waals surface area contributed by atoms with E-state index in [0.717, 1.165) is 4.47 Å². The first-order valence-electron chi connectivity index (χ1n) is 5.36. The SMILES string of the molecule is CN1CCC(N(C)C(=O)c2cc(Br)c[nH]2)C1=O. The van der Waals surface area contributed by atoms with E-state index in [9.17, 15) is 9.59 Å². The van der Waals surface area contributed by atoms with Gasteiger partial charge < -0.3 is 14.8 Å². The summed E-state index contributed by atoms with van der Waals surface area (Å²) in [6.07, 6.45) is 2.39. The number of likely N-dealkylation sites (N-methyl/N-ethyl adjacent to an activating group) is 2. The van der Waals surface area contributed by atoms with Crippen LogP contribution in [0.1, 0.15) is 16.9 Å². The van der Waals surface area contributed by atoms with Crippen LogP contribution in [0.2, 0.25) is 0 Å². The van der Waals surface area contributed by atoms with Gasteiger partial charge in [0.05, 0.1) is 0 Å². The minimum Gasteiger partial charge on any atom is -0.356 e. The number of hydrogen-bond acceptors (Lipinski definition) is 2. The van der Waals surface area contributed by atoms with Crippen molar-refractivity contribution in [3.8, 4) is 0 Å². The number of H-pyrrole nitrogens is 1. The number of nitrogens with one attached hydrogen (secondary N) is 1. The van der Waals surface area contributed by atoms with Crippen molar-refractivity contribution in [1.29, 1.82) is 0 Å². The van der Waals surface area contributed by atoms with Crippen molar-refractivity contribution in [2.75, 3.05) is 20.6 Å². The summed E-state index contributed by atoms with van der Waals surface area (Å²) in [5, 5.41) is 0. The molecule has 0 aliphatic carbocycles. The van der Waals surface area contributed by atoms with Crippen LogP contribution in [0.3, 0.4) is 0 Å². The lowest BCUT2D eigenvalue weighted by Gasteiger charge is -2.22. The van der Waals surface area contributed by atoms with Gasteiger partial charge in [-0.3, -0.25) is 9.59 Å². The number of likely N-dealkylation sites (tertiary alicyclic amines) is 1. The maximum Gasteiger partial charge on any atom is 0.270 e. The number of carbonyl (C=O) groups is 2. The first-order chi connectivity index (χ1) is 8.00. The highest BCUT2D eigenvalue weighted by molar-refractivity contribution is 9.10. The van der Waals surface area contributed by atoms with Crippen LogP contribution in [0.5, 0.6) is 0 Å². The van der Waals surface area contributed by atoms with Gasteiger partial charge in [-0.2, -0.15) is 0 Å². The number of amides is 2.